The maximum Gasteiger partial charge on any atom is 0.142 e. The smallest absolute Gasteiger partial charge is 0.142 e. The molecule has 0 bridgehead atoms. The summed E-state index contributed by atoms with van der Waals surface area (Å²) in [6.07, 6.45) is 5.52. The van der Waals surface area contributed by atoms with Gasteiger partial charge in [0.05, 0.1) is 10.2 Å². The molecule has 0 saturated heterocycles. The summed E-state index contributed by atoms with van der Waals surface area (Å²) in [5.74, 6) is 0.861. The summed E-state index contributed by atoms with van der Waals surface area (Å²) in [5, 5.41) is 12.4. The van der Waals surface area contributed by atoms with Crippen molar-refractivity contribution in [1.29, 1.82) is 0 Å². The van der Waals surface area contributed by atoms with Crippen molar-refractivity contribution in [3.8, 4) is 0 Å². The number of rotatable bonds is 4. The minimum absolute atomic E-state index is 0.119. The standard InChI is InChI=1S/C9H12IN3O/c10-7-3-11-6-13-8(7)12-4-9(5-14)1-2-9/h3,6,14H,1-2,4-5H2,(H,11,12,13). The van der Waals surface area contributed by atoms with Crippen LogP contribution in [0.15, 0.2) is 12.5 Å². The van der Waals surface area contributed by atoms with Crippen molar-refractivity contribution in [2.45, 2.75) is 12.8 Å². The van der Waals surface area contributed by atoms with E-state index in [1.54, 1.807) is 6.20 Å². The predicted molar refractivity (Wildman–Crippen MR) is 62.0 cm³/mol. The number of anilines is 1. The summed E-state index contributed by atoms with van der Waals surface area (Å²) in [7, 11) is 0. The van der Waals surface area contributed by atoms with Gasteiger partial charge in [-0.15, -0.1) is 0 Å². The van der Waals surface area contributed by atoms with Crippen molar-refractivity contribution in [3.63, 3.8) is 0 Å². The second-order valence-corrected chi connectivity index (χ2v) is 4.89. The lowest BCUT2D eigenvalue weighted by Crippen LogP contribution is -2.20. The molecular weight excluding hydrogens is 293 g/mol. The van der Waals surface area contributed by atoms with Crippen molar-refractivity contribution >= 4 is 28.4 Å². The van der Waals surface area contributed by atoms with Crippen molar-refractivity contribution in [1.82, 2.24) is 9.97 Å². The molecule has 14 heavy (non-hydrogen) atoms. The number of nitrogens with zero attached hydrogens (tertiary/aromatic N) is 2. The Labute approximate surface area is 96.3 Å². The summed E-state index contributed by atoms with van der Waals surface area (Å²) < 4.78 is 1.01. The van der Waals surface area contributed by atoms with Gasteiger partial charge < -0.3 is 10.4 Å². The fraction of sp³-hybridized carbons (Fsp3) is 0.556. The molecule has 1 heterocycles. The van der Waals surface area contributed by atoms with E-state index in [4.69, 9.17) is 5.11 Å². The van der Waals surface area contributed by atoms with Gasteiger partial charge in [-0.2, -0.15) is 0 Å². The van der Waals surface area contributed by atoms with Crippen LogP contribution in [-0.2, 0) is 0 Å². The minimum Gasteiger partial charge on any atom is -0.396 e. The number of nitrogens with one attached hydrogen (secondary N) is 1. The molecule has 1 fully saturated rings. The molecule has 1 aliphatic carbocycles. The van der Waals surface area contributed by atoms with E-state index in [1.807, 2.05) is 0 Å². The Morgan fingerprint density at radius 2 is 2.36 bits per heavy atom. The highest BCUT2D eigenvalue weighted by atomic mass is 127. The third kappa shape index (κ3) is 2.14. The van der Waals surface area contributed by atoms with Crippen LogP contribution in [0.2, 0.25) is 0 Å². The molecule has 1 saturated carbocycles. The van der Waals surface area contributed by atoms with Crippen LogP contribution >= 0.6 is 22.6 Å². The maximum absolute atomic E-state index is 9.13. The normalized spacial score (nSPS) is 17.9. The SMILES string of the molecule is OCC1(CNc2ncncc2I)CC1. The molecule has 1 aromatic heterocycles. The Morgan fingerprint density at radius 1 is 1.57 bits per heavy atom. The van der Waals surface area contributed by atoms with Gasteiger partial charge in [-0.1, -0.05) is 0 Å². The fourth-order valence-corrected chi connectivity index (χ4v) is 1.77. The Bertz CT molecular complexity index is 328. The molecule has 1 aliphatic rings. The van der Waals surface area contributed by atoms with Crippen LogP contribution in [0.25, 0.3) is 0 Å². The molecule has 2 N–H and O–H groups in total. The van der Waals surface area contributed by atoms with Gasteiger partial charge in [-0.3, -0.25) is 0 Å². The molecule has 76 valence electrons. The van der Waals surface area contributed by atoms with Crippen LogP contribution in [0.5, 0.6) is 0 Å². The maximum atomic E-state index is 9.13. The van der Waals surface area contributed by atoms with Gasteiger partial charge in [-0.05, 0) is 35.4 Å². The van der Waals surface area contributed by atoms with E-state index in [9.17, 15) is 0 Å². The molecule has 0 aromatic carbocycles. The van der Waals surface area contributed by atoms with E-state index in [1.165, 1.54) is 6.33 Å². The number of aliphatic hydroxyl groups excluding tert-OH is 1. The largest absolute Gasteiger partial charge is 0.396 e. The minimum atomic E-state index is 0.119. The van der Waals surface area contributed by atoms with Gasteiger partial charge in [0, 0.05) is 18.2 Å². The summed E-state index contributed by atoms with van der Waals surface area (Å²) in [5.41, 5.74) is 0.119. The van der Waals surface area contributed by atoms with Crippen molar-refractivity contribution in [2.24, 2.45) is 5.41 Å². The Kier molecular flexibility index (Phi) is 2.87. The van der Waals surface area contributed by atoms with Crippen LogP contribution in [0, 0.1) is 8.99 Å². The van der Waals surface area contributed by atoms with Crippen LogP contribution in [-0.4, -0.2) is 28.2 Å². The Morgan fingerprint density at radius 3 is 2.93 bits per heavy atom. The van der Waals surface area contributed by atoms with Crippen molar-refractivity contribution in [3.05, 3.63) is 16.1 Å². The lowest BCUT2D eigenvalue weighted by molar-refractivity contribution is 0.219. The van der Waals surface area contributed by atoms with E-state index in [2.05, 4.69) is 37.9 Å². The predicted octanol–water partition coefficient (Wildman–Crippen LogP) is 1.27. The first-order valence-corrected chi connectivity index (χ1v) is 5.64. The molecule has 5 heteroatoms. The zero-order chi connectivity index (χ0) is 10.0. The number of hydrogen-bond acceptors (Lipinski definition) is 4. The summed E-state index contributed by atoms with van der Waals surface area (Å²) in [6, 6.07) is 0. The first-order valence-electron chi connectivity index (χ1n) is 4.56. The quantitative estimate of drug-likeness (QED) is 0.823. The Hall–Kier alpha value is -0.430. The van der Waals surface area contributed by atoms with Crippen molar-refractivity contribution < 1.29 is 5.11 Å². The zero-order valence-corrected chi connectivity index (χ0v) is 9.86. The highest BCUT2D eigenvalue weighted by Crippen LogP contribution is 2.44. The molecular formula is C9H12IN3O. The first-order chi connectivity index (χ1) is 6.76. The van der Waals surface area contributed by atoms with Gasteiger partial charge in [0.1, 0.15) is 12.1 Å². The highest BCUT2D eigenvalue weighted by molar-refractivity contribution is 14.1. The molecule has 0 unspecified atom stereocenters. The van der Waals surface area contributed by atoms with Gasteiger partial charge in [0.2, 0.25) is 0 Å². The summed E-state index contributed by atoms with van der Waals surface area (Å²) in [4.78, 5) is 8.05. The third-order valence-corrected chi connectivity index (χ3v) is 3.38. The van der Waals surface area contributed by atoms with Crippen LogP contribution < -0.4 is 5.32 Å². The molecule has 0 spiro atoms. The molecule has 2 rings (SSSR count). The molecule has 0 radical (unpaired) electrons. The second-order valence-electron chi connectivity index (χ2n) is 3.73. The molecule has 0 aliphatic heterocycles. The second kappa shape index (κ2) is 3.98. The lowest BCUT2D eigenvalue weighted by atomic mass is 10.1. The molecule has 4 nitrogen and oxygen atoms in total. The number of aliphatic hydroxyl groups is 1. The lowest BCUT2D eigenvalue weighted by Gasteiger charge is -2.13. The average Bonchev–Trinajstić information content (AvgIpc) is 2.98. The first kappa shape index (κ1) is 10.1. The third-order valence-electron chi connectivity index (χ3n) is 2.59. The van der Waals surface area contributed by atoms with Gasteiger partial charge >= 0.3 is 0 Å². The fourth-order valence-electron chi connectivity index (χ4n) is 1.28. The van der Waals surface area contributed by atoms with E-state index in [-0.39, 0.29) is 12.0 Å². The van der Waals surface area contributed by atoms with Gasteiger partial charge in [-0.25, -0.2) is 9.97 Å². The molecule has 1 aromatic rings. The van der Waals surface area contributed by atoms with E-state index < -0.39 is 0 Å². The summed E-state index contributed by atoms with van der Waals surface area (Å²) in [6.45, 7) is 1.07. The van der Waals surface area contributed by atoms with Crippen LogP contribution in [0.4, 0.5) is 5.82 Å². The zero-order valence-electron chi connectivity index (χ0n) is 7.70. The molecule has 0 atom stereocenters. The average molecular weight is 305 g/mol. The number of hydrogen-bond donors (Lipinski definition) is 2. The van der Waals surface area contributed by atoms with E-state index >= 15 is 0 Å². The van der Waals surface area contributed by atoms with Crippen molar-refractivity contribution in [2.75, 3.05) is 18.5 Å². The topological polar surface area (TPSA) is 58.0 Å². The van der Waals surface area contributed by atoms with E-state index in [0.717, 1.165) is 28.8 Å². The monoisotopic (exact) mass is 305 g/mol. The van der Waals surface area contributed by atoms with Crippen LogP contribution in [0.3, 0.4) is 0 Å². The van der Waals surface area contributed by atoms with Crippen LogP contribution in [0.1, 0.15) is 12.8 Å². The van der Waals surface area contributed by atoms with E-state index in [0.29, 0.717) is 0 Å². The Balaban J connectivity index is 1.95. The van der Waals surface area contributed by atoms with Gasteiger partial charge in [0.25, 0.3) is 0 Å². The highest BCUT2D eigenvalue weighted by Gasteiger charge is 2.41. The number of aromatic nitrogens is 2. The number of halogens is 1. The van der Waals surface area contributed by atoms with Gasteiger partial charge in [0.15, 0.2) is 0 Å². The molecule has 0 amide bonds. The summed E-state index contributed by atoms with van der Waals surface area (Å²) >= 11 is 2.19.